The molecule has 1 unspecified atom stereocenters. The van der Waals surface area contributed by atoms with Crippen LogP contribution in [0.5, 0.6) is 0 Å². The maximum Gasteiger partial charge on any atom is 0.255 e. The first-order chi connectivity index (χ1) is 8.60. The number of halogens is 2. The average molecular weight is 320 g/mol. The number of amides is 1. The fraction of sp³-hybridized carbons (Fsp3) is 0.417. The molecule has 1 aromatic carbocycles. The molecule has 6 heteroatoms. The van der Waals surface area contributed by atoms with E-state index in [0.29, 0.717) is 11.1 Å². The molecule has 0 aliphatic carbocycles. The van der Waals surface area contributed by atoms with Crippen LogP contribution in [0.15, 0.2) is 22.7 Å². The fourth-order valence-corrected chi connectivity index (χ4v) is 1.93. The summed E-state index contributed by atoms with van der Waals surface area (Å²) in [6, 6.07) is 4.38. The van der Waals surface area contributed by atoms with Gasteiger partial charge >= 0.3 is 0 Å². The number of carbonyl (C=O) groups excluding carboxylic acids is 1. The van der Waals surface area contributed by atoms with E-state index in [2.05, 4.69) is 21.2 Å². The van der Waals surface area contributed by atoms with Crippen LogP contribution in [0.4, 0.5) is 4.39 Å². The van der Waals surface area contributed by atoms with Gasteiger partial charge in [0.25, 0.3) is 5.91 Å². The Kier molecular flexibility index (Phi) is 6.24. The molecule has 0 aromatic heterocycles. The smallest absolute Gasteiger partial charge is 0.255 e. The third kappa shape index (κ3) is 4.04. The van der Waals surface area contributed by atoms with Crippen molar-refractivity contribution in [3.05, 3.63) is 34.1 Å². The van der Waals surface area contributed by atoms with Crippen molar-refractivity contribution in [1.29, 1.82) is 0 Å². The quantitative estimate of drug-likeness (QED) is 0.872. The van der Waals surface area contributed by atoms with Crippen LogP contribution in [0.2, 0.25) is 0 Å². The summed E-state index contributed by atoms with van der Waals surface area (Å²) < 4.78 is 23.9. The molecule has 1 aromatic rings. The van der Waals surface area contributed by atoms with Crippen molar-refractivity contribution in [3.8, 4) is 0 Å². The van der Waals surface area contributed by atoms with Gasteiger partial charge in [0.2, 0.25) is 0 Å². The van der Waals surface area contributed by atoms with Crippen molar-refractivity contribution in [2.24, 2.45) is 0 Å². The molecule has 0 spiro atoms. The number of carbonyl (C=O) groups is 1. The minimum Gasteiger partial charge on any atom is -0.382 e. The molecule has 0 fully saturated rings. The molecular weight excluding hydrogens is 305 g/mol. The minimum atomic E-state index is -0.567. The predicted molar refractivity (Wildman–Crippen MR) is 69.1 cm³/mol. The van der Waals surface area contributed by atoms with Crippen molar-refractivity contribution < 1.29 is 18.7 Å². The van der Waals surface area contributed by atoms with Gasteiger partial charge in [-0.15, -0.1) is 0 Å². The Balaban J connectivity index is 2.65. The van der Waals surface area contributed by atoms with Gasteiger partial charge in [0.15, 0.2) is 0 Å². The molecule has 0 aliphatic heterocycles. The minimum absolute atomic E-state index is 0.00947. The van der Waals surface area contributed by atoms with Gasteiger partial charge in [0, 0.05) is 25.2 Å². The number of hydrogen-bond acceptors (Lipinski definition) is 3. The Morgan fingerprint density at radius 2 is 2.22 bits per heavy atom. The van der Waals surface area contributed by atoms with Gasteiger partial charge in [-0.2, -0.15) is 0 Å². The van der Waals surface area contributed by atoms with E-state index in [9.17, 15) is 9.18 Å². The molecule has 0 radical (unpaired) electrons. The molecule has 1 atom stereocenters. The summed E-state index contributed by atoms with van der Waals surface area (Å²) in [4.78, 5) is 11.8. The molecule has 0 bridgehead atoms. The number of ether oxygens (including phenoxy) is 2. The number of nitrogens with one attached hydrogen (secondary N) is 1. The molecule has 0 aliphatic rings. The Morgan fingerprint density at radius 1 is 1.50 bits per heavy atom. The van der Waals surface area contributed by atoms with Gasteiger partial charge in [-0.05, 0) is 28.1 Å². The van der Waals surface area contributed by atoms with Crippen LogP contribution in [-0.4, -0.2) is 39.4 Å². The van der Waals surface area contributed by atoms with Gasteiger partial charge in [0.05, 0.1) is 18.3 Å². The van der Waals surface area contributed by atoms with Crippen LogP contribution in [-0.2, 0) is 9.47 Å². The zero-order chi connectivity index (χ0) is 13.5. The average Bonchev–Trinajstić information content (AvgIpc) is 2.34. The standard InChI is InChI=1S/C12H15BrFNO3/c1-17-7-8(18-2)6-15-12(16)11-9(13)4-3-5-10(11)14/h3-5,8H,6-7H2,1-2H3,(H,15,16). The Hall–Kier alpha value is -0.980. The summed E-state index contributed by atoms with van der Waals surface area (Å²) in [5.41, 5.74) is -0.00947. The van der Waals surface area contributed by atoms with Gasteiger partial charge in [-0.1, -0.05) is 6.07 Å². The van der Waals surface area contributed by atoms with Crippen LogP contribution in [0.25, 0.3) is 0 Å². The SMILES string of the molecule is COCC(CNC(=O)c1c(F)cccc1Br)OC. The van der Waals surface area contributed by atoms with Crippen molar-refractivity contribution >= 4 is 21.8 Å². The lowest BCUT2D eigenvalue weighted by Crippen LogP contribution is -2.36. The molecular formula is C12H15BrFNO3. The Morgan fingerprint density at radius 3 is 2.78 bits per heavy atom. The summed E-state index contributed by atoms with van der Waals surface area (Å²) in [5.74, 6) is -1.05. The zero-order valence-electron chi connectivity index (χ0n) is 10.2. The molecule has 18 heavy (non-hydrogen) atoms. The molecule has 0 heterocycles. The van der Waals surface area contributed by atoms with E-state index in [-0.39, 0.29) is 18.2 Å². The molecule has 1 rings (SSSR count). The van der Waals surface area contributed by atoms with Crippen LogP contribution in [0.3, 0.4) is 0 Å². The molecule has 4 nitrogen and oxygen atoms in total. The van der Waals surface area contributed by atoms with Crippen molar-refractivity contribution in [1.82, 2.24) is 5.32 Å². The van der Waals surface area contributed by atoms with E-state index in [1.807, 2.05) is 0 Å². The molecule has 0 saturated heterocycles. The van der Waals surface area contributed by atoms with E-state index < -0.39 is 11.7 Å². The lowest BCUT2D eigenvalue weighted by atomic mass is 10.2. The maximum atomic E-state index is 13.5. The maximum absolute atomic E-state index is 13.5. The molecule has 0 saturated carbocycles. The van der Waals surface area contributed by atoms with Crippen LogP contribution in [0.1, 0.15) is 10.4 Å². The van der Waals surface area contributed by atoms with Gasteiger partial charge < -0.3 is 14.8 Å². The van der Waals surface area contributed by atoms with Crippen LogP contribution in [0, 0.1) is 5.82 Å². The first-order valence-corrected chi connectivity index (χ1v) is 6.13. The predicted octanol–water partition coefficient (Wildman–Crippen LogP) is 1.98. The second kappa shape index (κ2) is 7.45. The Labute approximate surface area is 114 Å². The molecule has 1 amide bonds. The number of rotatable bonds is 6. The summed E-state index contributed by atoms with van der Waals surface area (Å²) in [5, 5.41) is 2.60. The second-order valence-electron chi connectivity index (χ2n) is 3.62. The summed E-state index contributed by atoms with van der Waals surface area (Å²) >= 11 is 3.15. The van der Waals surface area contributed by atoms with E-state index >= 15 is 0 Å². The highest BCUT2D eigenvalue weighted by atomic mass is 79.9. The number of hydrogen-bond donors (Lipinski definition) is 1. The summed E-state index contributed by atoms with van der Waals surface area (Å²) in [6.07, 6.45) is -0.260. The van der Waals surface area contributed by atoms with Crippen LogP contribution >= 0.6 is 15.9 Å². The highest BCUT2D eigenvalue weighted by Gasteiger charge is 2.16. The monoisotopic (exact) mass is 319 g/mol. The van der Waals surface area contributed by atoms with Crippen molar-refractivity contribution in [2.75, 3.05) is 27.4 Å². The molecule has 100 valence electrons. The normalized spacial score (nSPS) is 12.2. The van der Waals surface area contributed by atoms with Gasteiger partial charge in [0.1, 0.15) is 5.82 Å². The zero-order valence-corrected chi connectivity index (χ0v) is 11.8. The Bertz CT molecular complexity index is 394. The first-order valence-electron chi connectivity index (χ1n) is 5.34. The van der Waals surface area contributed by atoms with E-state index in [1.54, 1.807) is 13.2 Å². The highest BCUT2D eigenvalue weighted by Crippen LogP contribution is 2.19. The largest absolute Gasteiger partial charge is 0.382 e. The molecule has 1 N–H and O–H groups in total. The van der Waals surface area contributed by atoms with E-state index in [4.69, 9.17) is 9.47 Å². The van der Waals surface area contributed by atoms with Crippen molar-refractivity contribution in [3.63, 3.8) is 0 Å². The highest BCUT2D eigenvalue weighted by molar-refractivity contribution is 9.10. The fourth-order valence-electron chi connectivity index (χ4n) is 1.41. The van der Waals surface area contributed by atoms with Gasteiger partial charge in [-0.25, -0.2) is 4.39 Å². The van der Waals surface area contributed by atoms with E-state index in [1.165, 1.54) is 19.2 Å². The van der Waals surface area contributed by atoms with Gasteiger partial charge in [-0.3, -0.25) is 4.79 Å². The van der Waals surface area contributed by atoms with Crippen LogP contribution < -0.4 is 5.32 Å². The first kappa shape index (κ1) is 15.1. The second-order valence-corrected chi connectivity index (χ2v) is 4.47. The van der Waals surface area contributed by atoms with Crippen molar-refractivity contribution in [2.45, 2.75) is 6.10 Å². The topological polar surface area (TPSA) is 47.6 Å². The number of benzene rings is 1. The summed E-state index contributed by atoms with van der Waals surface area (Å²) in [7, 11) is 3.07. The lowest BCUT2D eigenvalue weighted by molar-refractivity contribution is 0.0285. The number of methoxy groups -OCH3 is 2. The van der Waals surface area contributed by atoms with E-state index in [0.717, 1.165) is 0 Å². The lowest BCUT2D eigenvalue weighted by Gasteiger charge is -2.15. The third-order valence-electron chi connectivity index (χ3n) is 2.37. The summed E-state index contributed by atoms with van der Waals surface area (Å²) in [6.45, 7) is 0.610. The third-order valence-corrected chi connectivity index (χ3v) is 3.03.